The quantitative estimate of drug-likeness (QED) is 0.870. The zero-order chi connectivity index (χ0) is 26.1. The summed E-state index contributed by atoms with van der Waals surface area (Å²) in [7, 11) is 0. The number of H-pyrrole nitrogens is 1. The summed E-state index contributed by atoms with van der Waals surface area (Å²) in [6.07, 6.45) is -2.49. The number of nitrogens with zero attached hydrogens (tertiary/aromatic N) is 5. The van der Waals surface area contributed by atoms with Crippen LogP contribution in [0.1, 0.15) is 28.4 Å². The van der Waals surface area contributed by atoms with E-state index < -0.39 is 62.9 Å². The molecule has 2 atom stereocenters. The van der Waals surface area contributed by atoms with Gasteiger partial charge in [-0.15, -0.1) is 0 Å². The van der Waals surface area contributed by atoms with Crippen LogP contribution in [0.25, 0.3) is 15.9 Å². The molecule has 0 saturated carbocycles. The summed E-state index contributed by atoms with van der Waals surface area (Å²) in [6.45, 7) is -3.39. The van der Waals surface area contributed by atoms with Crippen molar-refractivity contribution in [3.05, 3.63) is 30.0 Å². The number of likely N-dealkylation sites (tertiary alicyclic amines) is 1. The van der Waals surface area contributed by atoms with Gasteiger partial charge in [-0.05, 0) is 18.4 Å². The normalized spacial score (nSPS) is 38.5. The maximum atomic E-state index is 12.7. The van der Waals surface area contributed by atoms with E-state index in [1.165, 1.54) is 12.3 Å². The fraction of sp³-hybridized carbons (Fsp3) is 0.500. The Hall–Kier alpha value is -2.62. The molecule has 23 heavy (non-hydrogen) atoms. The van der Waals surface area contributed by atoms with Gasteiger partial charge in [-0.3, -0.25) is 4.79 Å². The zero-order valence-electron chi connectivity index (χ0n) is 23.1. The highest BCUT2D eigenvalue weighted by Gasteiger charge is 2.33. The van der Waals surface area contributed by atoms with Crippen LogP contribution in [0.5, 0.6) is 0 Å². The molecule has 1 saturated heterocycles. The number of aromatic nitrogens is 3. The predicted molar refractivity (Wildman–Crippen MR) is 87.9 cm³/mol. The van der Waals surface area contributed by atoms with Crippen molar-refractivity contribution in [3.63, 3.8) is 0 Å². The van der Waals surface area contributed by atoms with E-state index in [1.807, 2.05) is 0 Å². The Morgan fingerprint density at radius 2 is 2.65 bits per heavy atom. The molecule has 0 unspecified atom stereocenters. The second-order valence-corrected chi connectivity index (χ2v) is 4.74. The molecule has 0 spiro atoms. The number of carbonyl (C=O) groups is 1. The van der Waals surface area contributed by atoms with Crippen molar-refractivity contribution in [2.75, 3.05) is 31.4 Å². The largest absolute Gasteiger partial charge is 0.354 e. The number of nitrogens with one attached hydrogen (secondary N) is 1. The average molecular weight is 323 g/mol. The summed E-state index contributed by atoms with van der Waals surface area (Å²) in [5.41, 5.74) is -0.00356. The van der Waals surface area contributed by atoms with E-state index in [1.54, 1.807) is 0 Å². The Balaban J connectivity index is 2.43. The van der Waals surface area contributed by atoms with Crippen molar-refractivity contribution < 1.29 is 19.9 Å². The molecule has 0 aliphatic carbocycles. The lowest BCUT2D eigenvalue weighted by Crippen LogP contribution is -2.53. The van der Waals surface area contributed by atoms with Gasteiger partial charge in [-0.25, -0.2) is 16.5 Å². The molecule has 2 aromatic heterocycles. The number of piperidine rings is 1. The third-order valence-corrected chi connectivity index (χ3v) is 3.23. The second-order valence-electron chi connectivity index (χ2n) is 4.74. The van der Waals surface area contributed by atoms with Crippen LogP contribution >= 0.6 is 0 Å². The third-order valence-electron chi connectivity index (χ3n) is 3.23. The number of rotatable bonds is 3. The molecule has 0 bridgehead atoms. The van der Waals surface area contributed by atoms with Crippen molar-refractivity contribution >= 4 is 22.8 Å². The highest BCUT2D eigenvalue weighted by atomic mass is 16.2. The summed E-state index contributed by atoms with van der Waals surface area (Å²) in [4.78, 5) is 25.8. The van der Waals surface area contributed by atoms with Crippen LogP contribution in [0.2, 0.25) is 0 Å². The lowest BCUT2D eigenvalue weighted by atomic mass is 9.92. The van der Waals surface area contributed by atoms with E-state index in [-0.39, 0.29) is 20.8 Å². The topological polar surface area (TPSA) is 69.5 Å². The van der Waals surface area contributed by atoms with Gasteiger partial charge >= 0.3 is 5.91 Å². The fourth-order valence-corrected chi connectivity index (χ4v) is 2.08. The Morgan fingerprint density at radius 3 is 3.43 bits per heavy atom. The van der Waals surface area contributed by atoms with Gasteiger partial charge in [0.05, 0.1) is 15.5 Å². The lowest BCUT2D eigenvalue weighted by molar-refractivity contribution is -0.130. The van der Waals surface area contributed by atoms with E-state index in [0.29, 0.717) is 0 Å². The Labute approximate surface area is 150 Å². The summed E-state index contributed by atoms with van der Waals surface area (Å²) in [6, 6.07) is -1.89. The van der Waals surface area contributed by atoms with Crippen LogP contribution in [0.4, 0.5) is 5.82 Å². The fourth-order valence-electron chi connectivity index (χ4n) is 2.08. The van der Waals surface area contributed by atoms with Gasteiger partial charge < -0.3 is 19.6 Å². The van der Waals surface area contributed by atoms with Crippen LogP contribution in [0.15, 0.2) is 18.6 Å². The van der Waals surface area contributed by atoms with Crippen molar-refractivity contribution in [1.82, 2.24) is 19.9 Å². The average Bonchev–Trinajstić information content (AvgIpc) is 3.13. The van der Waals surface area contributed by atoms with Gasteiger partial charge in [-0.1, -0.05) is 6.92 Å². The highest BCUT2D eigenvalue weighted by Crippen LogP contribution is 2.28. The number of hydrogen-bond acceptors (Lipinski definition) is 4. The predicted octanol–water partition coefficient (Wildman–Crippen LogP) is 1.55. The molecule has 1 aliphatic heterocycles. The number of aromatic amines is 1. The van der Waals surface area contributed by atoms with Crippen molar-refractivity contribution in [1.29, 1.82) is 0 Å². The molecule has 120 valence electrons. The summed E-state index contributed by atoms with van der Waals surface area (Å²) in [5, 5.41) is -0.0186. The molecule has 3 heterocycles. The molecule has 0 radical (unpaired) electrons. The van der Waals surface area contributed by atoms with E-state index in [0.717, 1.165) is 6.92 Å². The first kappa shape index (κ1) is 6.87. The smallest absolute Gasteiger partial charge is 0.302 e. The minimum absolute atomic E-state index is 0.00356. The minimum atomic E-state index is -3.49. The molecule has 7 nitrogen and oxygen atoms in total. The minimum Gasteiger partial charge on any atom is -0.354 e. The summed E-state index contributed by atoms with van der Waals surface area (Å²) < 4.78 is 92.0. The molecule has 1 N–H and O–H groups in total. The Bertz CT molecular complexity index is 1170. The SMILES string of the molecule is [2H]c1nc(N(C([2H])([2H])[2H])[C@]2([2H])[C@H](C)C([2H])([2H])C([2H])([2H])N(C(=O)C[N+]#[C-])C2([2H])[2H])c2cc[nH]c2n1. The second kappa shape index (κ2) is 6.24. The highest BCUT2D eigenvalue weighted by molar-refractivity contribution is 5.87. The van der Waals surface area contributed by atoms with E-state index >= 15 is 0 Å². The van der Waals surface area contributed by atoms with E-state index in [4.69, 9.17) is 21.7 Å². The van der Waals surface area contributed by atoms with Crippen molar-refractivity contribution in [3.8, 4) is 0 Å². The number of anilines is 1. The first-order valence-electron chi connectivity index (χ1n) is 12.1. The molecule has 1 aliphatic rings. The molecular weight excluding hydrogens is 292 g/mol. The van der Waals surface area contributed by atoms with Crippen LogP contribution < -0.4 is 4.90 Å². The maximum Gasteiger partial charge on any atom is 0.302 e. The van der Waals surface area contributed by atoms with Gasteiger partial charge in [0.2, 0.25) is 0 Å². The molecule has 7 heteroatoms. The first-order chi connectivity index (χ1) is 15.4. The van der Waals surface area contributed by atoms with Gasteiger partial charge in [0.15, 0.2) is 0 Å². The van der Waals surface area contributed by atoms with Crippen LogP contribution in [0.3, 0.4) is 0 Å². The monoisotopic (exact) mass is 323 g/mol. The number of carbonyl (C=O) groups excluding carboxylic acids is 1. The molecule has 2 aromatic rings. The summed E-state index contributed by atoms with van der Waals surface area (Å²) in [5.74, 6) is -4.07. The van der Waals surface area contributed by atoms with Crippen LogP contribution in [-0.2, 0) is 4.79 Å². The van der Waals surface area contributed by atoms with Gasteiger partial charge in [0.1, 0.15) is 19.1 Å². The van der Waals surface area contributed by atoms with Gasteiger partial charge in [-0.2, -0.15) is 0 Å². The van der Waals surface area contributed by atoms with E-state index in [9.17, 15) is 4.79 Å². The Morgan fingerprint density at radius 1 is 1.78 bits per heavy atom. The van der Waals surface area contributed by atoms with Crippen molar-refractivity contribution in [2.24, 2.45) is 5.92 Å². The maximum absolute atomic E-state index is 12.7. The van der Waals surface area contributed by atoms with E-state index in [2.05, 4.69) is 19.8 Å². The number of amides is 1. The van der Waals surface area contributed by atoms with Crippen molar-refractivity contribution in [2.45, 2.75) is 19.3 Å². The number of hydrogen-bond donors (Lipinski definition) is 1. The molecule has 0 aromatic carbocycles. The van der Waals surface area contributed by atoms with Crippen LogP contribution in [0, 0.1) is 12.5 Å². The zero-order valence-corrected chi connectivity index (χ0v) is 12.1. The molecule has 1 amide bonds. The first-order valence-corrected chi connectivity index (χ1v) is 6.65. The van der Waals surface area contributed by atoms with Gasteiger partial charge in [0, 0.05) is 35.8 Å². The standard InChI is InChI=1S/C16H20N6O/c1-11-5-7-22(14(23)8-17-2)9-13(11)21(3)16-12-4-6-18-15(12)19-10-20-16/h4,6,10-11,13H,5,7-9H2,1,3H3,(H,18,19,20)/t11-,13+/m1/s1/i3D3,5D2,7D2,9D2,10D,13D. The molecule has 1 fully saturated rings. The number of fused-ring (bicyclic) bond motifs is 1. The lowest BCUT2D eigenvalue weighted by Gasteiger charge is -2.41. The molecular formula is C16H20N6O. The Kier molecular flexibility index (Phi) is 1.87. The summed E-state index contributed by atoms with van der Waals surface area (Å²) >= 11 is 0. The third kappa shape index (κ3) is 2.84. The van der Waals surface area contributed by atoms with Crippen LogP contribution in [-0.4, -0.2) is 58.3 Å². The van der Waals surface area contributed by atoms with Gasteiger partial charge in [0.25, 0.3) is 6.54 Å². The molecule has 3 rings (SSSR count). The number of likely N-dealkylation sites (N-methyl/N-ethyl adjacent to an activating group) is 1.